The van der Waals surface area contributed by atoms with Gasteiger partial charge in [-0.1, -0.05) is 44.2 Å². The van der Waals surface area contributed by atoms with Gasteiger partial charge in [-0.05, 0) is 32.1 Å². The minimum absolute atomic E-state index is 0.0107. The van der Waals surface area contributed by atoms with Crippen LogP contribution in [0.3, 0.4) is 0 Å². The first kappa shape index (κ1) is 19.3. The van der Waals surface area contributed by atoms with Gasteiger partial charge in [0.25, 0.3) is 5.91 Å². The Labute approximate surface area is 162 Å². The molecule has 5 heteroatoms. The molecule has 0 aliphatic carbocycles. The van der Waals surface area contributed by atoms with Gasteiger partial charge in [-0.15, -0.1) is 0 Å². The fraction of sp³-hybridized carbons (Fsp3) is 0.500. The highest BCUT2D eigenvalue weighted by molar-refractivity contribution is 5.93. The largest absolute Gasteiger partial charge is 0.356 e. The molecule has 3 rings (SSSR count). The number of carbonyl (C=O) groups excluding carboxylic acids is 1. The molecule has 144 valence electrons. The monoisotopic (exact) mass is 366 g/mol. The van der Waals surface area contributed by atoms with E-state index in [1.165, 1.54) is 19.3 Å². The van der Waals surface area contributed by atoms with Crippen LogP contribution in [0.1, 0.15) is 56.4 Å². The number of nitrogens with zero attached hydrogens (tertiary/aromatic N) is 4. The highest BCUT2D eigenvalue weighted by Crippen LogP contribution is 2.23. The Kier molecular flexibility index (Phi) is 6.80. The van der Waals surface area contributed by atoms with E-state index >= 15 is 0 Å². The summed E-state index contributed by atoms with van der Waals surface area (Å²) in [6.45, 7) is 7.71. The van der Waals surface area contributed by atoms with Gasteiger partial charge in [-0.25, -0.2) is 9.97 Å². The van der Waals surface area contributed by atoms with Crippen molar-refractivity contribution >= 4 is 11.7 Å². The second-order valence-electron chi connectivity index (χ2n) is 7.14. The predicted octanol–water partition coefficient (Wildman–Crippen LogP) is 4.40. The minimum Gasteiger partial charge on any atom is -0.356 e. The van der Waals surface area contributed by atoms with Crippen LogP contribution >= 0.6 is 0 Å². The number of hydrogen-bond acceptors (Lipinski definition) is 4. The van der Waals surface area contributed by atoms with Crippen molar-refractivity contribution in [3.63, 3.8) is 0 Å². The van der Waals surface area contributed by atoms with Crippen molar-refractivity contribution in [2.45, 2.75) is 46.0 Å². The number of aromatic nitrogens is 2. The standard InChI is InChI=1S/C22H30N4O/c1-3-13-26(14-4-2)22(27)19-17-20(25-15-9-6-10-16-25)24-21(23-19)18-11-7-5-8-12-18/h5,7-8,11-12,17H,3-4,6,9-10,13-16H2,1-2H3. The SMILES string of the molecule is CCCN(CCC)C(=O)c1cc(N2CCCCC2)nc(-c2ccccc2)n1. The molecule has 0 radical (unpaired) electrons. The number of anilines is 1. The average Bonchev–Trinajstić information content (AvgIpc) is 2.74. The quantitative estimate of drug-likeness (QED) is 0.729. The van der Waals surface area contributed by atoms with Crippen LogP contribution in [0.15, 0.2) is 36.4 Å². The summed E-state index contributed by atoms with van der Waals surface area (Å²) >= 11 is 0. The first-order valence-corrected chi connectivity index (χ1v) is 10.2. The molecular formula is C22H30N4O. The summed E-state index contributed by atoms with van der Waals surface area (Å²) in [6, 6.07) is 11.8. The molecule has 2 aromatic rings. The van der Waals surface area contributed by atoms with E-state index in [0.717, 1.165) is 50.4 Å². The molecular weight excluding hydrogens is 336 g/mol. The lowest BCUT2D eigenvalue weighted by Gasteiger charge is -2.28. The van der Waals surface area contributed by atoms with Crippen molar-refractivity contribution in [3.8, 4) is 11.4 Å². The summed E-state index contributed by atoms with van der Waals surface area (Å²) in [4.78, 5) is 26.8. The van der Waals surface area contributed by atoms with E-state index in [1.54, 1.807) is 0 Å². The van der Waals surface area contributed by atoms with Crippen LogP contribution < -0.4 is 4.90 Å². The van der Waals surface area contributed by atoms with Crippen LogP contribution in [0.25, 0.3) is 11.4 Å². The average molecular weight is 367 g/mol. The Morgan fingerprint density at radius 2 is 1.67 bits per heavy atom. The predicted molar refractivity (Wildman–Crippen MR) is 110 cm³/mol. The molecule has 0 N–H and O–H groups in total. The molecule has 1 fully saturated rings. The Morgan fingerprint density at radius 1 is 1.00 bits per heavy atom. The minimum atomic E-state index is 0.0107. The maximum atomic E-state index is 13.2. The molecule has 27 heavy (non-hydrogen) atoms. The van der Waals surface area contributed by atoms with Crippen LogP contribution in [-0.4, -0.2) is 47.0 Å². The number of piperidine rings is 1. The van der Waals surface area contributed by atoms with E-state index in [0.29, 0.717) is 11.5 Å². The zero-order chi connectivity index (χ0) is 19.1. The summed E-state index contributed by atoms with van der Waals surface area (Å²) < 4.78 is 0. The summed E-state index contributed by atoms with van der Waals surface area (Å²) in [6.07, 6.45) is 5.50. The smallest absolute Gasteiger partial charge is 0.272 e. The van der Waals surface area contributed by atoms with Crippen molar-refractivity contribution in [2.24, 2.45) is 0 Å². The first-order chi connectivity index (χ1) is 13.2. The van der Waals surface area contributed by atoms with Gasteiger partial charge in [0.15, 0.2) is 5.82 Å². The van der Waals surface area contributed by atoms with Crippen LogP contribution in [0, 0.1) is 0 Å². The van der Waals surface area contributed by atoms with Crippen molar-refractivity contribution in [1.29, 1.82) is 0 Å². The zero-order valence-electron chi connectivity index (χ0n) is 16.5. The Bertz CT molecular complexity index is 735. The molecule has 1 amide bonds. The fourth-order valence-electron chi connectivity index (χ4n) is 3.56. The highest BCUT2D eigenvalue weighted by atomic mass is 16.2. The Hall–Kier alpha value is -2.43. The Balaban J connectivity index is 1.99. The van der Waals surface area contributed by atoms with E-state index in [-0.39, 0.29) is 5.91 Å². The third kappa shape index (κ3) is 4.85. The zero-order valence-corrected chi connectivity index (χ0v) is 16.5. The molecule has 1 aromatic carbocycles. The van der Waals surface area contributed by atoms with E-state index in [9.17, 15) is 4.79 Å². The topological polar surface area (TPSA) is 49.3 Å². The summed E-state index contributed by atoms with van der Waals surface area (Å²) in [5.74, 6) is 1.52. The van der Waals surface area contributed by atoms with Gasteiger partial charge in [0, 0.05) is 37.8 Å². The molecule has 5 nitrogen and oxygen atoms in total. The fourth-order valence-corrected chi connectivity index (χ4v) is 3.56. The van der Waals surface area contributed by atoms with Crippen LogP contribution in [0.4, 0.5) is 5.82 Å². The highest BCUT2D eigenvalue weighted by Gasteiger charge is 2.21. The molecule has 1 aliphatic heterocycles. The third-order valence-corrected chi connectivity index (χ3v) is 4.92. The normalized spacial score (nSPS) is 14.2. The molecule has 1 aliphatic rings. The van der Waals surface area contributed by atoms with Crippen LogP contribution in [-0.2, 0) is 0 Å². The molecule has 2 heterocycles. The van der Waals surface area contributed by atoms with E-state index in [1.807, 2.05) is 41.3 Å². The number of amides is 1. The van der Waals surface area contributed by atoms with Crippen LogP contribution in [0.5, 0.6) is 0 Å². The lowest BCUT2D eigenvalue weighted by molar-refractivity contribution is 0.0749. The van der Waals surface area contributed by atoms with E-state index < -0.39 is 0 Å². The van der Waals surface area contributed by atoms with Gasteiger partial charge in [-0.3, -0.25) is 4.79 Å². The molecule has 0 unspecified atom stereocenters. The number of carbonyl (C=O) groups is 1. The maximum absolute atomic E-state index is 13.2. The molecule has 0 spiro atoms. The van der Waals surface area contributed by atoms with E-state index in [2.05, 4.69) is 23.7 Å². The maximum Gasteiger partial charge on any atom is 0.272 e. The van der Waals surface area contributed by atoms with Crippen molar-refractivity contribution in [1.82, 2.24) is 14.9 Å². The lowest BCUT2D eigenvalue weighted by Crippen LogP contribution is -2.34. The number of hydrogen-bond donors (Lipinski definition) is 0. The number of benzene rings is 1. The van der Waals surface area contributed by atoms with Gasteiger partial charge in [0.1, 0.15) is 11.5 Å². The van der Waals surface area contributed by atoms with Crippen molar-refractivity contribution < 1.29 is 4.79 Å². The van der Waals surface area contributed by atoms with Crippen LogP contribution in [0.2, 0.25) is 0 Å². The van der Waals surface area contributed by atoms with E-state index in [4.69, 9.17) is 4.98 Å². The Morgan fingerprint density at radius 3 is 2.30 bits per heavy atom. The first-order valence-electron chi connectivity index (χ1n) is 10.2. The summed E-state index contributed by atoms with van der Waals surface area (Å²) in [5.41, 5.74) is 1.45. The van der Waals surface area contributed by atoms with Gasteiger partial charge < -0.3 is 9.80 Å². The van der Waals surface area contributed by atoms with Gasteiger partial charge in [-0.2, -0.15) is 0 Å². The molecule has 1 saturated heterocycles. The van der Waals surface area contributed by atoms with Crippen molar-refractivity contribution in [2.75, 3.05) is 31.1 Å². The molecule has 0 atom stereocenters. The molecule has 1 aromatic heterocycles. The van der Waals surface area contributed by atoms with Gasteiger partial charge in [0.2, 0.25) is 0 Å². The summed E-state index contributed by atoms with van der Waals surface area (Å²) in [7, 11) is 0. The van der Waals surface area contributed by atoms with Gasteiger partial charge >= 0.3 is 0 Å². The third-order valence-electron chi connectivity index (χ3n) is 4.92. The second kappa shape index (κ2) is 9.49. The molecule has 0 bridgehead atoms. The van der Waals surface area contributed by atoms with Gasteiger partial charge in [0.05, 0.1) is 0 Å². The lowest BCUT2D eigenvalue weighted by atomic mass is 10.1. The second-order valence-corrected chi connectivity index (χ2v) is 7.14. The van der Waals surface area contributed by atoms with Crippen molar-refractivity contribution in [3.05, 3.63) is 42.1 Å². The molecule has 0 saturated carbocycles. The number of rotatable bonds is 7. The summed E-state index contributed by atoms with van der Waals surface area (Å²) in [5, 5.41) is 0.